The Bertz CT molecular complexity index is 844. The monoisotopic (exact) mass is 384 g/mol. The van der Waals surface area contributed by atoms with Crippen molar-refractivity contribution in [3.63, 3.8) is 0 Å². The molecule has 1 N–H and O–H groups in total. The van der Waals surface area contributed by atoms with Crippen molar-refractivity contribution >= 4 is 34.0 Å². The molecule has 1 saturated heterocycles. The number of aromatic nitrogens is 2. The first-order chi connectivity index (χ1) is 13.1. The van der Waals surface area contributed by atoms with Gasteiger partial charge in [-0.1, -0.05) is 48.8 Å². The lowest BCUT2D eigenvalue weighted by molar-refractivity contribution is -0.120. The zero-order valence-corrected chi connectivity index (χ0v) is 16.3. The summed E-state index contributed by atoms with van der Waals surface area (Å²) < 4.78 is 0. The molecule has 0 radical (unpaired) electrons. The van der Waals surface area contributed by atoms with Gasteiger partial charge in [-0.3, -0.25) is 9.59 Å². The van der Waals surface area contributed by atoms with E-state index >= 15 is 0 Å². The van der Waals surface area contributed by atoms with Gasteiger partial charge in [0.25, 0.3) is 0 Å². The van der Waals surface area contributed by atoms with Gasteiger partial charge in [-0.25, -0.2) is 0 Å². The molecule has 1 saturated carbocycles. The van der Waals surface area contributed by atoms with Crippen LogP contribution in [0, 0.1) is 12.8 Å². The van der Waals surface area contributed by atoms with Gasteiger partial charge in [0, 0.05) is 30.5 Å². The molecular formula is C20H24N4O2S. The molecule has 4 rings (SSSR count). The molecular weight excluding hydrogens is 360 g/mol. The van der Waals surface area contributed by atoms with Crippen LogP contribution in [-0.4, -0.2) is 28.6 Å². The summed E-state index contributed by atoms with van der Waals surface area (Å²) in [6, 6.07) is 7.92. The Kier molecular flexibility index (Phi) is 5.20. The van der Waals surface area contributed by atoms with Gasteiger partial charge in [-0.05, 0) is 31.4 Å². The average Bonchev–Trinajstić information content (AvgIpc) is 3.29. The molecule has 1 aromatic carbocycles. The summed E-state index contributed by atoms with van der Waals surface area (Å²) in [5.74, 6) is 0.282. The van der Waals surface area contributed by atoms with E-state index in [0.717, 1.165) is 41.9 Å². The summed E-state index contributed by atoms with van der Waals surface area (Å²) in [5, 5.41) is 12.7. The van der Waals surface area contributed by atoms with E-state index in [1.807, 2.05) is 36.1 Å². The quantitative estimate of drug-likeness (QED) is 0.868. The fourth-order valence-corrected chi connectivity index (χ4v) is 4.83. The van der Waals surface area contributed by atoms with Crippen LogP contribution in [0.4, 0.5) is 10.8 Å². The Hall–Kier alpha value is -2.28. The van der Waals surface area contributed by atoms with Crippen molar-refractivity contribution in [1.82, 2.24) is 10.2 Å². The molecule has 1 aromatic heterocycles. The molecule has 27 heavy (non-hydrogen) atoms. The second-order valence-corrected chi connectivity index (χ2v) is 8.47. The molecule has 142 valence electrons. The highest BCUT2D eigenvalue weighted by atomic mass is 32.1. The molecule has 1 unspecified atom stereocenters. The molecule has 2 aliphatic rings. The Morgan fingerprint density at radius 1 is 1.19 bits per heavy atom. The highest BCUT2D eigenvalue weighted by Crippen LogP contribution is 2.35. The minimum atomic E-state index is 0.0231. The maximum atomic E-state index is 12.5. The van der Waals surface area contributed by atoms with E-state index in [2.05, 4.69) is 15.5 Å². The number of nitrogens with zero attached hydrogens (tertiary/aromatic N) is 3. The van der Waals surface area contributed by atoms with Crippen LogP contribution < -0.4 is 10.2 Å². The van der Waals surface area contributed by atoms with Crippen molar-refractivity contribution in [1.29, 1.82) is 0 Å². The van der Waals surface area contributed by atoms with Gasteiger partial charge in [-0.15, -0.1) is 10.2 Å². The van der Waals surface area contributed by atoms with Crippen molar-refractivity contribution in [2.24, 2.45) is 5.92 Å². The third-order valence-electron chi connectivity index (χ3n) is 5.53. The predicted octanol–water partition coefficient (Wildman–Crippen LogP) is 3.89. The molecule has 2 fully saturated rings. The first kappa shape index (κ1) is 18.1. The summed E-state index contributed by atoms with van der Waals surface area (Å²) in [6.07, 6.45) is 5.82. The van der Waals surface area contributed by atoms with E-state index in [1.165, 1.54) is 17.8 Å². The van der Waals surface area contributed by atoms with E-state index < -0.39 is 0 Å². The molecule has 6 nitrogen and oxygen atoms in total. The Labute approximate surface area is 163 Å². The van der Waals surface area contributed by atoms with Crippen molar-refractivity contribution < 1.29 is 9.59 Å². The number of benzene rings is 1. The number of para-hydroxylation sites is 1. The maximum absolute atomic E-state index is 12.5. The summed E-state index contributed by atoms with van der Waals surface area (Å²) in [7, 11) is 0. The molecule has 0 spiro atoms. The summed E-state index contributed by atoms with van der Waals surface area (Å²) in [4.78, 5) is 26.7. The molecule has 1 atom stereocenters. The molecule has 2 amide bonds. The third kappa shape index (κ3) is 3.88. The largest absolute Gasteiger partial charge is 0.311 e. The van der Waals surface area contributed by atoms with Crippen molar-refractivity contribution in [2.75, 3.05) is 16.8 Å². The van der Waals surface area contributed by atoms with Crippen LogP contribution in [0.15, 0.2) is 24.3 Å². The lowest BCUT2D eigenvalue weighted by atomic mass is 9.89. The predicted molar refractivity (Wildman–Crippen MR) is 106 cm³/mol. The Morgan fingerprint density at radius 3 is 2.74 bits per heavy atom. The minimum absolute atomic E-state index is 0.0231. The first-order valence-corrected chi connectivity index (χ1v) is 10.4. The number of anilines is 2. The van der Waals surface area contributed by atoms with Crippen LogP contribution in [-0.2, 0) is 9.59 Å². The van der Waals surface area contributed by atoms with E-state index in [9.17, 15) is 9.59 Å². The van der Waals surface area contributed by atoms with E-state index in [-0.39, 0.29) is 23.7 Å². The summed E-state index contributed by atoms with van der Waals surface area (Å²) >= 11 is 1.39. The fraction of sp³-hybridized carbons (Fsp3) is 0.500. The Morgan fingerprint density at radius 2 is 1.96 bits per heavy atom. The standard InChI is InChI=1S/C20H24N4O2S/c1-13-7-5-6-10-16(13)24-12-15(11-17(24)25)19-22-23-20(27-19)21-18(26)14-8-3-2-4-9-14/h5-7,10,14-15H,2-4,8-9,11-12H2,1H3,(H,21,23,26). The van der Waals surface area contributed by atoms with Crippen molar-refractivity contribution in [3.8, 4) is 0 Å². The number of nitrogens with one attached hydrogen (secondary N) is 1. The SMILES string of the molecule is Cc1ccccc1N1CC(c2nnc(NC(=O)C3CCCCC3)s2)CC1=O. The summed E-state index contributed by atoms with van der Waals surface area (Å²) in [6.45, 7) is 2.62. The molecule has 0 bridgehead atoms. The number of carbonyl (C=O) groups excluding carboxylic acids is 2. The molecule has 7 heteroatoms. The second-order valence-electron chi connectivity index (χ2n) is 7.46. The van der Waals surface area contributed by atoms with Crippen LogP contribution >= 0.6 is 11.3 Å². The number of amides is 2. The van der Waals surface area contributed by atoms with E-state index in [0.29, 0.717) is 18.1 Å². The van der Waals surface area contributed by atoms with Gasteiger partial charge in [0.15, 0.2) is 0 Å². The number of hydrogen-bond acceptors (Lipinski definition) is 5. The smallest absolute Gasteiger partial charge is 0.229 e. The van der Waals surface area contributed by atoms with E-state index in [4.69, 9.17) is 0 Å². The topological polar surface area (TPSA) is 75.2 Å². The van der Waals surface area contributed by atoms with Crippen LogP contribution in [0.1, 0.15) is 55.0 Å². The fourth-order valence-electron chi connectivity index (χ4n) is 3.99. The highest BCUT2D eigenvalue weighted by molar-refractivity contribution is 7.15. The third-order valence-corrected chi connectivity index (χ3v) is 6.53. The van der Waals surface area contributed by atoms with Gasteiger partial charge >= 0.3 is 0 Å². The van der Waals surface area contributed by atoms with Crippen molar-refractivity contribution in [2.45, 2.75) is 51.4 Å². The zero-order valence-electron chi connectivity index (χ0n) is 15.5. The number of carbonyl (C=O) groups is 2. The van der Waals surface area contributed by atoms with Gasteiger partial charge < -0.3 is 10.2 Å². The zero-order chi connectivity index (χ0) is 18.8. The summed E-state index contributed by atoms with van der Waals surface area (Å²) in [5.41, 5.74) is 2.05. The van der Waals surface area contributed by atoms with Gasteiger partial charge in [-0.2, -0.15) is 0 Å². The maximum Gasteiger partial charge on any atom is 0.229 e. The number of aryl methyl sites for hydroxylation is 1. The van der Waals surface area contributed by atoms with E-state index in [1.54, 1.807) is 0 Å². The van der Waals surface area contributed by atoms with Crippen LogP contribution in [0.3, 0.4) is 0 Å². The Balaban J connectivity index is 1.42. The average molecular weight is 385 g/mol. The number of rotatable bonds is 4. The van der Waals surface area contributed by atoms with Gasteiger partial charge in [0.1, 0.15) is 5.01 Å². The lowest BCUT2D eigenvalue weighted by Gasteiger charge is -2.19. The first-order valence-electron chi connectivity index (χ1n) is 9.62. The van der Waals surface area contributed by atoms with Gasteiger partial charge in [0.2, 0.25) is 16.9 Å². The van der Waals surface area contributed by atoms with Crippen LogP contribution in [0.25, 0.3) is 0 Å². The molecule has 2 aromatic rings. The minimum Gasteiger partial charge on any atom is -0.311 e. The molecule has 1 aliphatic heterocycles. The van der Waals surface area contributed by atoms with Crippen molar-refractivity contribution in [3.05, 3.63) is 34.8 Å². The van der Waals surface area contributed by atoms with Crippen LogP contribution in [0.2, 0.25) is 0 Å². The number of hydrogen-bond donors (Lipinski definition) is 1. The molecule has 1 aliphatic carbocycles. The highest BCUT2D eigenvalue weighted by Gasteiger charge is 2.34. The van der Waals surface area contributed by atoms with Crippen LogP contribution in [0.5, 0.6) is 0 Å². The second kappa shape index (κ2) is 7.76. The lowest BCUT2D eigenvalue weighted by Crippen LogP contribution is -2.25. The normalized spacial score (nSPS) is 20.9. The van der Waals surface area contributed by atoms with Gasteiger partial charge in [0.05, 0.1) is 0 Å². The molecule has 2 heterocycles.